The van der Waals surface area contributed by atoms with Crippen LogP contribution in [0.15, 0.2) is 86.2 Å². The molecule has 0 aliphatic carbocycles. The van der Waals surface area contributed by atoms with Gasteiger partial charge in [-0.05, 0) is 83.4 Å². The molecule has 4 aromatic rings. The lowest BCUT2D eigenvalue weighted by molar-refractivity contribution is -0.139. The molecule has 1 aliphatic rings. The van der Waals surface area contributed by atoms with Crippen LogP contribution in [0.1, 0.15) is 36.6 Å². The van der Waals surface area contributed by atoms with E-state index in [0.717, 1.165) is 16.7 Å². The van der Waals surface area contributed by atoms with Crippen molar-refractivity contribution in [3.05, 3.63) is 123 Å². The molecule has 3 aromatic carbocycles. The predicted molar refractivity (Wildman–Crippen MR) is 168 cm³/mol. The van der Waals surface area contributed by atoms with Crippen molar-refractivity contribution in [2.75, 3.05) is 13.7 Å². The molecule has 216 valence electrons. The van der Waals surface area contributed by atoms with Crippen molar-refractivity contribution < 1.29 is 19.0 Å². The summed E-state index contributed by atoms with van der Waals surface area (Å²) in [5, 5.41) is 1.09. The number of allylic oxidation sites excluding steroid dienone is 1. The third-order valence-electron chi connectivity index (χ3n) is 6.60. The van der Waals surface area contributed by atoms with Crippen LogP contribution in [-0.4, -0.2) is 24.3 Å². The number of hydrogen-bond donors (Lipinski definition) is 0. The summed E-state index contributed by atoms with van der Waals surface area (Å²) in [6.45, 7) is 3.97. The summed E-state index contributed by atoms with van der Waals surface area (Å²) in [6.07, 6.45) is 1.79. The first-order chi connectivity index (χ1) is 20.2. The molecule has 0 amide bonds. The number of carbonyl (C=O) groups is 1. The van der Waals surface area contributed by atoms with E-state index in [4.69, 9.17) is 37.4 Å². The van der Waals surface area contributed by atoms with Gasteiger partial charge in [0.2, 0.25) is 0 Å². The van der Waals surface area contributed by atoms with Crippen LogP contribution in [0, 0.1) is 0 Å². The topological polar surface area (TPSA) is 79.1 Å². The molecule has 1 aromatic heterocycles. The number of ether oxygens (including phenoxy) is 3. The van der Waals surface area contributed by atoms with Gasteiger partial charge in [0.25, 0.3) is 5.56 Å². The maximum absolute atomic E-state index is 13.8. The number of hydrogen-bond acceptors (Lipinski definition) is 7. The maximum atomic E-state index is 13.8. The molecule has 42 heavy (non-hydrogen) atoms. The molecule has 0 saturated heterocycles. The predicted octanol–water partition coefficient (Wildman–Crippen LogP) is 6.46. The van der Waals surface area contributed by atoms with Crippen molar-refractivity contribution in [2.24, 2.45) is 4.99 Å². The minimum atomic E-state index is -0.699. The molecule has 5 rings (SSSR count). The quantitative estimate of drug-likeness (QED) is 0.199. The SMILES string of the molecule is CCOC(=O)C1=C(C)N=c2s/c(=C/c3ccc(OCc4ccc(Cl)cc4Cl)c(Br)c3)c(=O)n2[C@@H]1c1ccc(OC)cc1. The number of esters is 1. The average molecular weight is 688 g/mol. The first-order valence-electron chi connectivity index (χ1n) is 12.9. The summed E-state index contributed by atoms with van der Waals surface area (Å²) in [6, 6.07) is 17.4. The number of halogens is 3. The van der Waals surface area contributed by atoms with Crippen LogP contribution >= 0.6 is 50.5 Å². The minimum Gasteiger partial charge on any atom is -0.497 e. The van der Waals surface area contributed by atoms with Crippen LogP contribution in [-0.2, 0) is 16.1 Å². The number of benzene rings is 3. The average Bonchev–Trinajstić information content (AvgIpc) is 3.26. The van der Waals surface area contributed by atoms with Crippen LogP contribution in [0.2, 0.25) is 10.0 Å². The van der Waals surface area contributed by atoms with Crippen LogP contribution < -0.4 is 24.4 Å². The van der Waals surface area contributed by atoms with Crippen LogP contribution in [0.4, 0.5) is 0 Å². The smallest absolute Gasteiger partial charge is 0.338 e. The summed E-state index contributed by atoms with van der Waals surface area (Å²) < 4.78 is 19.4. The van der Waals surface area contributed by atoms with Gasteiger partial charge in [-0.1, -0.05) is 58.8 Å². The number of carbonyl (C=O) groups excluding carboxylic acids is 1. The Balaban J connectivity index is 1.51. The van der Waals surface area contributed by atoms with E-state index in [-0.39, 0.29) is 18.8 Å². The van der Waals surface area contributed by atoms with Gasteiger partial charge in [0.15, 0.2) is 4.80 Å². The Kier molecular flexibility index (Phi) is 9.22. The molecule has 11 heteroatoms. The Morgan fingerprint density at radius 2 is 1.88 bits per heavy atom. The van der Waals surface area contributed by atoms with Crippen molar-refractivity contribution in [3.8, 4) is 11.5 Å². The maximum Gasteiger partial charge on any atom is 0.338 e. The fourth-order valence-electron chi connectivity index (χ4n) is 4.56. The van der Waals surface area contributed by atoms with E-state index in [0.29, 0.717) is 46.6 Å². The molecule has 1 atom stereocenters. The summed E-state index contributed by atoms with van der Waals surface area (Å²) in [5.74, 6) is 0.779. The lowest BCUT2D eigenvalue weighted by Crippen LogP contribution is -2.39. The Morgan fingerprint density at radius 1 is 1.12 bits per heavy atom. The number of aromatic nitrogens is 1. The lowest BCUT2D eigenvalue weighted by atomic mass is 9.96. The Hall–Kier alpha value is -3.37. The van der Waals surface area contributed by atoms with Gasteiger partial charge in [0.05, 0.1) is 40.0 Å². The summed E-state index contributed by atoms with van der Waals surface area (Å²) in [4.78, 5) is 32.0. The number of methoxy groups -OCH3 is 1. The second-order valence-corrected chi connectivity index (χ2v) is 12.0. The Bertz CT molecular complexity index is 1880. The Morgan fingerprint density at radius 3 is 2.55 bits per heavy atom. The highest BCUT2D eigenvalue weighted by Gasteiger charge is 2.33. The van der Waals surface area contributed by atoms with Gasteiger partial charge in [0, 0.05) is 15.6 Å². The number of rotatable bonds is 8. The Labute approximate surface area is 264 Å². The molecule has 0 N–H and O–H groups in total. The number of thiazole rings is 1. The molecule has 7 nitrogen and oxygen atoms in total. The minimum absolute atomic E-state index is 0.205. The molecule has 0 spiro atoms. The molecule has 0 bridgehead atoms. The molecule has 2 heterocycles. The summed E-state index contributed by atoms with van der Waals surface area (Å²) >= 11 is 17.1. The number of nitrogens with zero attached hydrogens (tertiary/aromatic N) is 2. The van der Waals surface area contributed by atoms with Gasteiger partial charge >= 0.3 is 5.97 Å². The van der Waals surface area contributed by atoms with E-state index in [1.165, 1.54) is 11.3 Å². The molecule has 0 saturated carbocycles. The van der Waals surface area contributed by atoms with Gasteiger partial charge in [-0.3, -0.25) is 9.36 Å². The van der Waals surface area contributed by atoms with Crippen LogP contribution in [0.5, 0.6) is 11.5 Å². The highest BCUT2D eigenvalue weighted by atomic mass is 79.9. The zero-order chi connectivity index (χ0) is 30.0. The van der Waals surface area contributed by atoms with Crippen molar-refractivity contribution in [1.29, 1.82) is 0 Å². The third-order valence-corrected chi connectivity index (χ3v) is 8.79. The van der Waals surface area contributed by atoms with E-state index in [9.17, 15) is 9.59 Å². The third kappa shape index (κ3) is 6.20. The monoisotopic (exact) mass is 686 g/mol. The second-order valence-electron chi connectivity index (χ2n) is 9.29. The van der Waals surface area contributed by atoms with E-state index in [2.05, 4.69) is 20.9 Å². The van der Waals surface area contributed by atoms with Gasteiger partial charge in [-0.25, -0.2) is 9.79 Å². The first kappa shape index (κ1) is 30.1. The van der Waals surface area contributed by atoms with Crippen molar-refractivity contribution in [3.63, 3.8) is 0 Å². The zero-order valence-electron chi connectivity index (χ0n) is 22.8. The molecule has 1 aliphatic heterocycles. The molecule has 0 unspecified atom stereocenters. The normalized spacial score (nSPS) is 14.8. The highest BCUT2D eigenvalue weighted by molar-refractivity contribution is 9.10. The number of fused-ring (bicyclic) bond motifs is 1. The van der Waals surface area contributed by atoms with E-state index in [1.807, 2.05) is 36.4 Å². The van der Waals surface area contributed by atoms with Gasteiger partial charge in [-0.2, -0.15) is 0 Å². The summed E-state index contributed by atoms with van der Waals surface area (Å²) in [7, 11) is 1.58. The lowest BCUT2D eigenvalue weighted by Gasteiger charge is -2.24. The second kappa shape index (κ2) is 12.9. The standard InChI is InChI=1S/C31H25BrCl2N2O5S/c1-4-40-30(38)27-17(2)35-31-36(28(27)19-7-10-22(39-3)11-8-19)29(37)26(42-31)14-18-5-12-25(23(32)13-18)41-16-20-6-9-21(33)15-24(20)34/h5-15,28H,4,16H2,1-3H3/b26-14+/t28-/m1/s1. The van der Waals surface area contributed by atoms with Crippen LogP contribution in [0.25, 0.3) is 6.08 Å². The van der Waals surface area contributed by atoms with Crippen molar-refractivity contribution in [1.82, 2.24) is 4.57 Å². The highest BCUT2D eigenvalue weighted by Crippen LogP contribution is 2.32. The summed E-state index contributed by atoms with van der Waals surface area (Å²) in [5.41, 5.74) is 2.90. The largest absolute Gasteiger partial charge is 0.497 e. The van der Waals surface area contributed by atoms with Gasteiger partial charge in [0.1, 0.15) is 18.1 Å². The first-order valence-corrected chi connectivity index (χ1v) is 15.3. The van der Waals surface area contributed by atoms with E-state index < -0.39 is 12.0 Å². The van der Waals surface area contributed by atoms with E-state index >= 15 is 0 Å². The zero-order valence-corrected chi connectivity index (χ0v) is 26.7. The van der Waals surface area contributed by atoms with Crippen molar-refractivity contribution >= 4 is 62.5 Å². The molecule has 0 radical (unpaired) electrons. The fraction of sp³-hybridized carbons (Fsp3) is 0.194. The van der Waals surface area contributed by atoms with Crippen LogP contribution in [0.3, 0.4) is 0 Å². The van der Waals surface area contributed by atoms with E-state index in [1.54, 1.807) is 55.9 Å². The fourth-order valence-corrected chi connectivity index (χ4v) is 6.58. The van der Waals surface area contributed by atoms with Gasteiger partial charge in [-0.15, -0.1) is 0 Å². The molecule has 0 fully saturated rings. The van der Waals surface area contributed by atoms with Crippen molar-refractivity contribution in [2.45, 2.75) is 26.5 Å². The van der Waals surface area contributed by atoms with Gasteiger partial charge < -0.3 is 14.2 Å². The molecular formula is C31H25BrCl2N2O5S. The molecular weight excluding hydrogens is 663 g/mol.